The molecule has 1 saturated heterocycles. The molecule has 484 valence electrons. The minimum absolute atomic E-state index is 0.183. The standard InChI is InChI=1S/C73H139NO8/c1-3-5-7-9-11-13-15-17-19-21-23-25-27-29-31-33-34-35-36-38-40-42-44-46-48-50-52-54-56-58-60-62-67(76)66(65-81-73-72(80)71(79)70(78)68(64-75)82-73)74-69(77)63-61-59-57-55-53-51-49-47-45-43-41-39-37-32-30-28-26-24-22-20-18-16-14-12-10-8-6-4-2/h44,46,52,54,60,62,66-68,70-73,75-76,78-80H,3-43,45,47-51,53,55-59,61,63-65H2,1-2H3,(H,74,77)/b46-44+,54-52+,62-60+. The van der Waals surface area contributed by atoms with Crippen LogP contribution in [0, 0.1) is 0 Å². The van der Waals surface area contributed by atoms with Crippen LogP contribution in [0.1, 0.15) is 367 Å². The summed E-state index contributed by atoms with van der Waals surface area (Å²) >= 11 is 0. The van der Waals surface area contributed by atoms with E-state index in [-0.39, 0.29) is 12.5 Å². The fourth-order valence-electron chi connectivity index (χ4n) is 11.8. The maximum atomic E-state index is 13.1. The first-order valence-electron chi connectivity index (χ1n) is 36.2. The maximum absolute atomic E-state index is 13.1. The Labute approximate surface area is 508 Å². The molecule has 0 aliphatic carbocycles. The number of amides is 1. The highest BCUT2D eigenvalue weighted by atomic mass is 16.7. The Morgan fingerprint density at radius 1 is 0.402 bits per heavy atom. The number of nitrogens with one attached hydrogen (secondary N) is 1. The molecule has 1 aliphatic rings. The molecule has 1 aliphatic heterocycles. The zero-order valence-corrected chi connectivity index (χ0v) is 54.3. The number of ether oxygens (including phenoxy) is 2. The van der Waals surface area contributed by atoms with Crippen LogP contribution < -0.4 is 5.32 Å². The fourth-order valence-corrected chi connectivity index (χ4v) is 11.8. The SMILES string of the molecule is CCCCCCCCCCCCCCCCCCCCCCC/C=C/CC/C=C/CC/C=C/C(O)C(COC1OC(CO)C(O)C(O)C1O)NC(=O)CCCCCCCCCCCCCCCCCCCCCCCCCCCCCC. The van der Waals surface area contributed by atoms with Crippen LogP contribution in [0.25, 0.3) is 0 Å². The summed E-state index contributed by atoms with van der Waals surface area (Å²) in [5.74, 6) is -0.183. The van der Waals surface area contributed by atoms with Crippen LogP contribution in [0.2, 0.25) is 0 Å². The minimum atomic E-state index is -1.57. The Hall–Kier alpha value is -1.59. The lowest BCUT2D eigenvalue weighted by Gasteiger charge is -2.40. The molecule has 9 heteroatoms. The van der Waals surface area contributed by atoms with Gasteiger partial charge in [-0.3, -0.25) is 4.79 Å². The van der Waals surface area contributed by atoms with E-state index in [0.29, 0.717) is 6.42 Å². The third-order valence-corrected chi connectivity index (χ3v) is 17.4. The lowest BCUT2D eigenvalue weighted by atomic mass is 9.99. The number of unbranched alkanes of at least 4 members (excludes halogenated alkanes) is 50. The van der Waals surface area contributed by atoms with Crippen LogP contribution in [-0.4, -0.2) is 87.5 Å². The van der Waals surface area contributed by atoms with Crippen LogP contribution in [0.15, 0.2) is 36.5 Å². The van der Waals surface area contributed by atoms with Crippen LogP contribution in [-0.2, 0) is 14.3 Å². The van der Waals surface area contributed by atoms with E-state index in [4.69, 9.17) is 9.47 Å². The second kappa shape index (κ2) is 62.5. The van der Waals surface area contributed by atoms with Gasteiger partial charge in [-0.05, 0) is 44.9 Å². The molecule has 82 heavy (non-hydrogen) atoms. The van der Waals surface area contributed by atoms with Gasteiger partial charge in [0.2, 0.25) is 5.91 Å². The Balaban J connectivity index is 2.14. The smallest absolute Gasteiger partial charge is 0.220 e. The van der Waals surface area contributed by atoms with Crippen molar-refractivity contribution in [3.8, 4) is 0 Å². The molecule has 0 aromatic heterocycles. The van der Waals surface area contributed by atoms with E-state index in [1.165, 1.54) is 302 Å². The zero-order valence-electron chi connectivity index (χ0n) is 54.3. The summed E-state index contributed by atoms with van der Waals surface area (Å²) in [6.07, 6.45) is 77.0. The fraction of sp³-hybridized carbons (Fsp3) is 0.904. The van der Waals surface area contributed by atoms with Crippen molar-refractivity contribution >= 4 is 5.91 Å². The van der Waals surface area contributed by atoms with Gasteiger partial charge in [0.1, 0.15) is 24.4 Å². The summed E-state index contributed by atoms with van der Waals surface area (Å²) in [7, 11) is 0. The molecule has 0 bridgehead atoms. The number of allylic oxidation sites excluding steroid dienone is 5. The lowest BCUT2D eigenvalue weighted by molar-refractivity contribution is -0.302. The molecule has 1 heterocycles. The molecule has 7 unspecified atom stereocenters. The van der Waals surface area contributed by atoms with Crippen molar-refractivity contribution in [1.29, 1.82) is 0 Å². The van der Waals surface area contributed by atoms with Crippen molar-refractivity contribution in [2.75, 3.05) is 13.2 Å². The van der Waals surface area contributed by atoms with Gasteiger partial charge in [-0.15, -0.1) is 0 Å². The topological polar surface area (TPSA) is 149 Å². The number of aliphatic hydroxyl groups excluding tert-OH is 5. The molecule has 0 aromatic rings. The average Bonchev–Trinajstić information content (AvgIpc) is 3.57. The highest BCUT2D eigenvalue weighted by Crippen LogP contribution is 2.24. The van der Waals surface area contributed by atoms with Crippen molar-refractivity contribution < 1.29 is 39.8 Å². The van der Waals surface area contributed by atoms with Crippen LogP contribution in [0.5, 0.6) is 0 Å². The van der Waals surface area contributed by atoms with Gasteiger partial charge in [-0.2, -0.15) is 0 Å². The largest absolute Gasteiger partial charge is 0.394 e. The summed E-state index contributed by atoms with van der Waals surface area (Å²) in [4.78, 5) is 13.1. The quantitative estimate of drug-likeness (QED) is 0.0261. The minimum Gasteiger partial charge on any atom is -0.394 e. The van der Waals surface area contributed by atoms with Gasteiger partial charge in [-0.25, -0.2) is 0 Å². The van der Waals surface area contributed by atoms with Crippen molar-refractivity contribution in [2.45, 2.75) is 410 Å². The molecule has 0 aromatic carbocycles. The first kappa shape index (κ1) is 78.4. The Bertz CT molecular complexity index is 1390. The van der Waals surface area contributed by atoms with Crippen LogP contribution >= 0.6 is 0 Å². The summed E-state index contributed by atoms with van der Waals surface area (Å²) < 4.78 is 11.3. The first-order valence-corrected chi connectivity index (χ1v) is 36.2. The third-order valence-electron chi connectivity index (χ3n) is 17.4. The van der Waals surface area contributed by atoms with Gasteiger partial charge in [0.25, 0.3) is 0 Å². The van der Waals surface area contributed by atoms with Gasteiger partial charge in [0.05, 0.1) is 25.4 Å². The van der Waals surface area contributed by atoms with E-state index in [9.17, 15) is 30.3 Å². The van der Waals surface area contributed by atoms with Gasteiger partial charge < -0.3 is 40.3 Å². The van der Waals surface area contributed by atoms with E-state index in [2.05, 4.69) is 43.5 Å². The van der Waals surface area contributed by atoms with Crippen molar-refractivity contribution in [3.63, 3.8) is 0 Å². The Morgan fingerprint density at radius 2 is 0.695 bits per heavy atom. The molecule has 0 saturated carbocycles. The molecule has 7 atom stereocenters. The third kappa shape index (κ3) is 50.6. The number of hydrogen-bond donors (Lipinski definition) is 6. The van der Waals surface area contributed by atoms with E-state index >= 15 is 0 Å². The lowest BCUT2D eigenvalue weighted by Crippen LogP contribution is -2.60. The van der Waals surface area contributed by atoms with E-state index in [0.717, 1.165) is 44.9 Å². The van der Waals surface area contributed by atoms with E-state index in [1.54, 1.807) is 6.08 Å². The predicted octanol–water partition coefficient (Wildman–Crippen LogP) is 19.8. The molecule has 1 fully saturated rings. The highest BCUT2D eigenvalue weighted by Gasteiger charge is 2.44. The van der Waals surface area contributed by atoms with Gasteiger partial charge in [0, 0.05) is 6.42 Å². The van der Waals surface area contributed by atoms with Crippen molar-refractivity contribution in [2.24, 2.45) is 0 Å². The number of hydrogen-bond acceptors (Lipinski definition) is 8. The molecular weight excluding hydrogens is 1020 g/mol. The first-order chi connectivity index (χ1) is 40.3. The maximum Gasteiger partial charge on any atom is 0.220 e. The van der Waals surface area contributed by atoms with Gasteiger partial charge in [-0.1, -0.05) is 352 Å². The highest BCUT2D eigenvalue weighted by molar-refractivity contribution is 5.76. The van der Waals surface area contributed by atoms with Gasteiger partial charge in [0.15, 0.2) is 6.29 Å². The normalized spacial score (nSPS) is 18.5. The van der Waals surface area contributed by atoms with E-state index < -0.39 is 49.5 Å². The molecule has 0 radical (unpaired) electrons. The summed E-state index contributed by atoms with van der Waals surface area (Å²) in [5, 5.41) is 54.8. The second-order valence-electron chi connectivity index (χ2n) is 25.4. The number of aliphatic hydroxyl groups is 5. The second-order valence-corrected chi connectivity index (χ2v) is 25.4. The summed E-state index contributed by atoms with van der Waals surface area (Å²) in [6.45, 7) is 3.82. The summed E-state index contributed by atoms with van der Waals surface area (Å²) in [6, 6.07) is -0.828. The predicted molar refractivity (Wildman–Crippen MR) is 350 cm³/mol. The molecule has 1 amide bonds. The molecule has 6 N–H and O–H groups in total. The molecular formula is C73H139NO8. The zero-order chi connectivity index (χ0) is 59.3. The number of carbonyl (C=O) groups is 1. The Morgan fingerprint density at radius 3 is 1.02 bits per heavy atom. The van der Waals surface area contributed by atoms with Crippen LogP contribution in [0.3, 0.4) is 0 Å². The average molecular weight is 1160 g/mol. The Kier molecular flexibility index (Phi) is 59.7. The van der Waals surface area contributed by atoms with Gasteiger partial charge >= 0.3 is 0 Å². The van der Waals surface area contributed by atoms with E-state index in [1.807, 2.05) is 6.08 Å². The number of rotatable bonds is 64. The van der Waals surface area contributed by atoms with Crippen molar-refractivity contribution in [3.05, 3.63) is 36.5 Å². The monoisotopic (exact) mass is 1160 g/mol. The summed E-state index contributed by atoms with van der Waals surface area (Å²) in [5.41, 5.74) is 0. The number of carbonyl (C=O) groups excluding carboxylic acids is 1. The van der Waals surface area contributed by atoms with Crippen LogP contribution in [0.4, 0.5) is 0 Å². The molecule has 9 nitrogen and oxygen atoms in total. The van der Waals surface area contributed by atoms with Crippen molar-refractivity contribution in [1.82, 2.24) is 5.32 Å². The molecule has 0 spiro atoms. The molecule has 1 rings (SSSR count).